The number of aryl methyl sites for hydroxylation is 1. The van der Waals surface area contributed by atoms with E-state index >= 15 is 0 Å². The van der Waals surface area contributed by atoms with Crippen molar-refractivity contribution in [3.63, 3.8) is 0 Å². The minimum atomic E-state index is -0.635. The Morgan fingerprint density at radius 2 is 2.25 bits per heavy atom. The Morgan fingerprint density at radius 1 is 1.42 bits per heavy atom. The fourth-order valence-corrected chi connectivity index (χ4v) is 3.79. The van der Waals surface area contributed by atoms with Crippen molar-refractivity contribution in [1.29, 1.82) is 0 Å². The van der Waals surface area contributed by atoms with Crippen molar-refractivity contribution in [3.05, 3.63) is 40.2 Å². The van der Waals surface area contributed by atoms with Gasteiger partial charge in [-0.25, -0.2) is 4.98 Å². The third-order valence-corrected chi connectivity index (χ3v) is 5.18. The number of hydrogen-bond donors (Lipinski definition) is 2. The lowest BCUT2D eigenvalue weighted by Gasteiger charge is -2.34. The van der Waals surface area contributed by atoms with Crippen LogP contribution in [0.15, 0.2) is 29.8 Å². The van der Waals surface area contributed by atoms with Crippen molar-refractivity contribution in [2.45, 2.75) is 32.2 Å². The van der Waals surface area contributed by atoms with E-state index < -0.39 is 11.8 Å². The first kappa shape index (κ1) is 16.4. The number of nitrogens with one attached hydrogen (secondary N) is 1. The molecule has 6 nitrogen and oxygen atoms in total. The maximum Gasteiger partial charge on any atom is 0.313 e. The monoisotopic (exact) mass is 344 g/mol. The topological polar surface area (TPSA) is 88.3 Å². The molecule has 7 heteroatoms. The van der Waals surface area contributed by atoms with E-state index in [1.807, 2.05) is 17.5 Å². The summed E-state index contributed by atoms with van der Waals surface area (Å²) < 4.78 is 0. The summed E-state index contributed by atoms with van der Waals surface area (Å²) in [6, 6.07) is 5.69. The molecule has 1 fully saturated rings. The number of likely N-dealkylation sites (tertiary alicyclic amines) is 1. The van der Waals surface area contributed by atoms with E-state index in [9.17, 15) is 9.59 Å². The number of pyridine rings is 1. The maximum absolute atomic E-state index is 12.6. The minimum absolute atomic E-state index is 0.0109. The normalized spacial score (nSPS) is 17.5. The van der Waals surface area contributed by atoms with Crippen molar-refractivity contribution in [2.24, 2.45) is 0 Å². The molecule has 3 heterocycles. The number of rotatable bonds is 2. The van der Waals surface area contributed by atoms with Gasteiger partial charge in [0.05, 0.1) is 17.9 Å². The van der Waals surface area contributed by atoms with Gasteiger partial charge in [-0.2, -0.15) is 0 Å². The number of hydrogen-bond acceptors (Lipinski definition) is 5. The van der Waals surface area contributed by atoms with E-state index in [1.165, 1.54) is 6.20 Å². The van der Waals surface area contributed by atoms with Gasteiger partial charge in [0.1, 0.15) is 5.82 Å². The highest BCUT2D eigenvalue weighted by molar-refractivity contribution is 7.10. The third-order valence-electron chi connectivity index (χ3n) is 4.21. The number of aromatic nitrogens is 1. The van der Waals surface area contributed by atoms with Gasteiger partial charge in [-0.3, -0.25) is 9.59 Å². The second kappa shape index (κ2) is 7.00. The van der Waals surface area contributed by atoms with Crippen LogP contribution in [0, 0.1) is 6.92 Å². The van der Waals surface area contributed by atoms with E-state index in [0.717, 1.165) is 29.7 Å². The molecular weight excluding hydrogens is 324 g/mol. The summed E-state index contributed by atoms with van der Waals surface area (Å²) in [5.41, 5.74) is 6.91. The molecule has 2 amide bonds. The van der Waals surface area contributed by atoms with Crippen LogP contribution < -0.4 is 11.1 Å². The van der Waals surface area contributed by atoms with Crippen molar-refractivity contribution in [2.75, 3.05) is 17.6 Å². The van der Waals surface area contributed by atoms with Gasteiger partial charge < -0.3 is 16.0 Å². The first-order valence-corrected chi connectivity index (χ1v) is 8.81. The second-order valence-corrected chi connectivity index (χ2v) is 6.89. The van der Waals surface area contributed by atoms with Gasteiger partial charge >= 0.3 is 11.8 Å². The first-order valence-electron chi connectivity index (χ1n) is 7.93. The number of nitrogens with two attached hydrogens (primary N) is 1. The Kier molecular flexibility index (Phi) is 4.80. The standard InChI is InChI=1S/C17H20N4O2S/c1-11-9-12(10-19-15(11)18)20-16(22)17(23)21-7-3-2-5-13(21)14-6-4-8-24-14/h4,6,8-10,13H,2-3,5,7H2,1H3,(H2,18,19)(H,20,22)/t13-/m1/s1. The molecule has 0 radical (unpaired) electrons. The molecule has 2 aromatic rings. The molecular formula is C17H20N4O2S. The number of nitrogen functional groups attached to an aromatic ring is 1. The number of nitrogens with zero attached hydrogens (tertiary/aromatic N) is 2. The number of thiophene rings is 1. The summed E-state index contributed by atoms with van der Waals surface area (Å²) in [6.45, 7) is 2.41. The summed E-state index contributed by atoms with van der Waals surface area (Å²) in [5.74, 6) is -0.722. The Balaban J connectivity index is 1.73. The van der Waals surface area contributed by atoms with E-state index in [0.29, 0.717) is 18.1 Å². The van der Waals surface area contributed by atoms with Gasteiger partial charge in [0.15, 0.2) is 0 Å². The zero-order valence-electron chi connectivity index (χ0n) is 13.5. The van der Waals surface area contributed by atoms with Crippen LogP contribution in [0.5, 0.6) is 0 Å². The molecule has 126 valence electrons. The highest BCUT2D eigenvalue weighted by atomic mass is 32.1. The Hall–Kier alpha value is -2.41. The van der Waals surface area contributed by atoms with Crippen LogP contribution >= 0.6 is 11.3 Å². The van der Waals surface area contributed by atoms with Gasteiger partial charge in [0.2, 0.25) is 0 Å². The van der Waals surface area contributed by atoms with Gasteiger partial charge in [-0.1, -0.05) is 6.07 Å². The lowest BCUT2D eigenvalue weighted by Crippen LogP contribution is -2.44. The van der Waals surface area contributed by atoms with Crippen LogP contribution in [0.3, 0.4) is 0 Å². The molecule has 2 aromatic heterocycles. The van der Waals surface area contributed by atoms with Gasteiger partial charge in [0.25, 0.3) is 0 Å². The zero-order chi connectivity index (χ0) is 17.1. The van der Waals surface area contributed by atoms with Crippen LogP contribution in [-0.2, 0) is 9.59 Å². The van der Waals surface area contributed by atoms with Crippen molar-refractivity contribution >= 4 is 34.7 Å². The predicted molar refractivity (Wildman–Crippen MR) is 94.6 cm³/mol. The average molecular weight is 344 g/mol. The highest BCUT2D eigenvalue weighted by Crippen LogP contribution is 2.33. The van der Waals surface area contributed by atoms with Crippen LogP contribution in [0.1, 0.15) is 35.7 Å². The smallest absolute Gasteiger partial charge is 0.313 e. The highest BCUT2D eigenvalue weighted by Gasteiger charge is 2.32. The molecule has 0 unspecified atom stereocenters. The molecule has 3 rings (SSSR count). The fraction of sp³-hybridized carbons (Fsp3) is 0.353. The number of piperidine rings is 1. The van der Waals surface area contributed by atoms with E-state index in [1.54, 1.807) is 29.2 Å². The largest absolute Gasteiger partial charge is 0.383 e. The molecule has 3 N–H and O–H groups in total. The SMILES string of the molecule is Cc1cc(NC(=O)C(=O)N2CCCC[C@@H]2c2cccs2)cnc1N. The molecule has 0 saturated carbocycles. The van der Waals surface area contributed by atoms with Gasteiger partial charge in [0, 0.05) is 11.4 Å². The van der Waals surface area contributed by atoms with Crippen LogP contribution in [0.4, 0.5) is 11.5 Å². The predicted octanol–water partition coefficient (Wildman–Crippen LogP) is 2.73. The van der Waals surface area contributed by atoms with Gasteiger partial charge in [-0.15, -0.1) is 11.3 Å². The first-order chi connectivity index (χ1) is 11.6. The zero-order valence-corrected chi connectivity index (χ0v) is 14.3. The van der Waals surface area contributed by atoms with Crippen LogP contribution in [-0.4, -0.2) is 28.2 Å². The van der Waals surface area contributed by atoms with E-state index in [2.05, 4.69) is 10.3 Å². The molecule has 1 saturated heterocycles. The quantitative estimate of drug-likeness (QED) is 0.820. The number of carbonyl (C=O) groups excluding carboxylic acids is 2. The average Bonchev–Trinajstić information content (AvgIpc) is 3.12. The number of amides is 2. The molecule has 1 aliphatic heterocycles. The maximum atomic E-state index is 12.6. The lowest BCUT2D eigenvalue weighted by atomic mass is 10.0. The summed E-state index contributed by atoms with van der Waals surface area (Å²) in [5, 5.41) is 4.62. The van der Waals surface area contributed by atoms with Crippen LogP contribution in [0.2, 0.25) is 0 Å². The summed E-state index contributed by atoms with van der Waals surface area (Å²) in [7, 11) is 0. The summed E-state index contributed by atoms with van der Waals surface area (Å²) in [6.07, 6.45) is 4.33. The fourth-order valence-electron chi connectivity index (χ4n) is 2.92. The molecule has 0 bridgehead atoms. The molecule has 0 aliphatic carbocycles. The molecule has 0 spiro atoms. The molecule has 0 aromatic carbocycles. The van der Waals surface area contributed by atoms with Crippen LogP contribution in [0.25, 0.3) is 0 Å². The van der Waals surface area contributed by atoms with E-state index in [4.69, 9.17) is 5.73 Å². The number of carbonyl (C=O) groups is 2. The summed E-state index contributed by atoms with van der Waals surface area (Å²) >= 11 is 1.62. The minimum Gasteiger partial charge on any atom is -0.383 e. The third kappa shape index (κ3) is 3.41. The van der Waals surface area contributed by atoms with Crippen molar-refractivity contribution in [3.8, 4) is 0 Å². The number of anilines is 2. The van der Waals surface area contributed by atoms with Crippen molar-refractivity contribution in [1.82, 2.24) is 9.88 Å². The molecule has 1 aliphatic rings. The lowest BCUT2D eigenvalue weighted by molar-refractivity contribution is -0.145. The van der Waals surface area contributed by atoms with E-state index in [-0.39, 0.29) is 6.04 Å². The molecule has 1 atom stereocenters. The Morgan fingerprint density at radius 3 is 2.96 bits per heavy atom. The second-order valence-electron chi connectivity index (χ2n) is 5.91. The summed E-state index contributed by atoms with van der Waals surface area (Å²) in [4.78, 5) is 31.8. The Labute approximate surface area is 144 Å². The van der Waals surface area contributed by atoms with Gasteiger partial charge in [-0.05, 0) is 49.3 Å². The van der Waals surface area contributed by atoms with Crippen molar-refractivity contribution < 1.29 is 9.59 Å². The molecule has 24 heavy (non-hydrogen) atoms. The Bertz CT molecular complexity index is 745.